The van der Waals surface area contributed by atoms with Crippen LogP contribution in [0.4, 0.5) is 0 Å². The molecule has 2 aromatic carbocycles. The Bertz CT molecular complexity index is 829. The summed E-state index contributed by atoms with van der Waals surface area (Å²) in [6.45, 7) is -0.0853. The van der Waals surface area contributed by atoms with E-state index in [1.807, 2.05) is 12.1 Å². The van der Waals surface area contributed by atoms with E-state index in [-0.39, 0.29) is 12.5 Å². The van der Waals surface area contributed by atoms with Crippen LogP contribution < -0.4 is 4.74 Å². The molecule has 0 amide bonds. The Hall–Kier alpha value is -2.67. The van der Waals surface area contributed by atoms with Crippen molar-refractivity contribution in [3.05, 3.63) is 64.5 Å². The van der Waals surface area contributed by atoms with Gasteiger partial charge in [0.2, 0.25) is 5.89 Å². The standard InChI is InChI=1S/C17H13BrN2O4/c1-22-14-8-4-11(5-9-14)16-20-19-15(24-16)10-23-17(21)12-2-6-13(18)7-3-12/h2-9H,10H2,1H3. The van der Waals surface area contributed by atoms with E-state index in [1.165, 1.54) is 0 Å². The predicted octanol–water partition coefficient (Wildman–Crippen LogP) is 3.86. The molecule has 7 heteroatoms. The van der Waals surface area contributed by atoms with E-state index in [2.05, 4.69) is 26.1 Å². The van der Waals surface area contributed by atoms with Crippen molar-refractivity contribution >= 4 is 21.9 Å². The quantitative estimate of drug-likeness (QED) is 0.617. The van der Waals surface area contributed by atoms with Crippen LogP contribution in [0.15, 0.2) is 57.4 Å². The van der Waals surface area contributed by atoms with Gasteiger partial charge in [0.1, 0.15) is 5.75 Å². The first-order chi connectivity index (χ1) is 11.7. The maximum atomic E-state index is 11.9. The monoisotopic (exact) mass is 388 g/mol. The van der Waals surface area contributed by atoms with Crippen LogP contribution in [0.25, 0.3) is 11.5 Å². The van der Waals surface area contributed by atoms with Gasteiger partial charge in [-0.05, 0) is 48.5 Å². The summed E-state index contributed by atoms with van der Waals surface area (Å²) in [4.78, 5) is 11.9. The highest BCUT2D eigenvalue weighted by Gasteiger charge is 2.12. The van der Waals surface area contributed by atoms with Gasteiger partial charge in [0.05, 0.1) is 12.7 Å². The maximum Gasteiger partial charge on any atom is 0.338 e. The summed E-state index contributed by atoms with van der Waals surface area (Å²) < 4.78 is 16.7. The van der Waals surface area contributed by atoms with Crippen LogP contribution in [0.1, 0.15) is 16.2 Å². The van der Waals surface area contributed by atoms with E-state index in [0.29, 0.717) is 11.5 Å². The lowest BCUT2D eigenvalue weighted by molar-refractivity contribution is 0.0438. The van der Waals surface area contributed by atoms with Crippen molar-refractivity contribution < 1.29 is 18.7 Å². The number of ether oxygens (including phenoxy) is 2. The zero-order valence-electron chi connectivity index (χ0n) is 12.7. The van der Waals surface area contributed by atoms with Crippen LogP contribution in [-0.4, -0.2) is 23.3 Å². The van der Waals surface area contributed by atoms with Crippen molar-refractivity contribution in [2.45, 2.75) is 6.61 Å². The Morgan fingerprint density at radius 2 is 1.79 bits per heavy atom. The Morgan fingerprint density at radius 3 is 2.46 bits per heavy atom. The Labute approximate surface area is 146 Å². The van der Waals surface area contributed by atoms with E-state index >= 15 is 0 Å². The number of hydrogen-bond donors (Lipinski definition) is 0. The number of methoxy groups -OCH3 is 1. The molecule has 0 spiro atoms. The average molecular weight is 389 g/mol. The van der Waals surface area contributed by atoms with Crippen molar-refractivity contribution in [3.63, 3.8) is 0 Å². The van der Waals surface area contributed by atoms with Gasteiger partial charge < -0.3 is 13.9 Å². The predicted molar refractivity (Wildman–Crippen MR) is 89.5 cm³/mol. The summed E-state index contributed by atoms with van der Waals surface area (Å²) >= 11 is 3.31. The van der Waals surface area contributed by atoms with Gasteiger partial charge in [0.15, 0.2) is 6.61 Å². The topological polar surface area (TPSA) is 74.5 Å². The molecule has 1 heterocycles. The highest BCUT2D eigenvalue weighted by atomic mass is 79.9. The van der Waals surface area contributed by atoms with Crippen molar-refractivity contribution in [1.82, 2.24) is 10.2 Å². The number of esters is 1. The van der Waals surface area contributed by atoms with Gasteiger partial charge in [0, 0.05) is 10.0 Å². The van der Waals surface area contributed by atoms with Gasteiger partial charge in [-0.2, -0.15) is 0 Å². The molecule has 0 aliphatic carbocycles. The number of aromatic nitrogens is 2. The van der Waals surface area contributed by atoms with Crippen molar-refractivity contribution in [3.8, 4) is 17.2 Å². The Kier molecular flexibility index (Phi) is 4.90. The van der Waals surface area contributed by atoms with Crippen LogP contribution in [0, 0.1) is 0 Å². The molecule has 0 bridgehead atoms. The minimum Gasteiger partial charge on any atom is -0.497 e. The largest absolute Gasteiger partial charge is 0.497 e. The molecule has 0 saturated carbocycles. The summed E-state index contributed by atoms with van der Waals surface area (Å²) in [5.74, 6) is 0.868. The molecule has 3 aromatic rings. The zero-order valence-corrected chi connectivity index (χ0v) is 14.3. The second kappa shape index (κ2) is 7.27. The molecule has 1 aromatic heterocycles. The number of carbonyl (C=O) groups is 1. The number of halogens is 1. The van der Waals surface area contributed by atoms with Crippen LogP contribution >= 0.6 is 15.9 Å². The second-order valence-electron chi connectivity index (χ2n) is 4.81. The minimum atomic E-state index is -0.452. The Balaban J connectivity index is 1.63. The van der Waals surface area contributed by atoms with Gasteiger partial charge in [-0.15, -0.1) is 10.2 Å². The molecule has 0 aliphatic heterocycles. The van der Waals surface area contributed by atoms with E-state index in [4.69, 9.17) is 13.9 Å². The van der Waals surface area contributed by atoms with Crippen molar-refractivity contribution in [1.29, 1.82) is 0 Å². The SMILES string of the molecule is COc1ccc(-c2nnc(COC(=O)c3ccc(Br)cc3)o2)cc1. The third kappa shape index (κ3) is 3.80. The maximum absolute atomic E-state index is 11.9. The van der Waals surface area contributed by atoms with Crippen LogP contribution in [0.5, 0.6) is 5.75 Å². The first kappa shape index (κ1) is 16.2. The summed E-state index contributed by atoms with van der Waals surface area (Å²) in [6.07, 6.45) is 0. The molecule has 3 rings (SSSR count). The lowest BCUT2D eigenvalue weighted by Crippen LogP contribution is -2.05. The zero-order chi connectivity index (χ0) is 16.9. The molecule has 24 heavy (non-hydrogen) atoms. The fourth-order valence-electron chi connectivity index (χ4n) is 1.96. The lowest BCUT2D eigenvalue weighted by atomic mass is 10.2. The molecule has 0 aliphatic rings. The van der Waals surface area contributed by atoms with Gasteiger partial charge in [-0.3, -0.25) is 0 Å². The number of hydrogen-bond acceptors (Lipinski definition) is 6. The molecule has 0 N–H and O–H groups in total. The second-order valence-corrected chi connectivity index (χ2v) is 5.73. The Morgan fingerprint density at radius 1 is 1.08 bits per heavy atom. The number of nitrogens with zero attached hydrogens (tertiary/aromatic N) is 2. The average Bonchev–Trinajstić information content (AvgIpc) is 3.09. The fourth-order valence-corrected chi connectivity index (χ4v) is 2.22. The fraction of sp³-hybridized carbons (Fsp3) is 0.118. The molecule has 0 fully saturated rings. The van der Waals surface area contributed by atoms with E-state index in [0.717, 1.165) is 15.8 Å². The summed E-state index contributed by atoms with van der Waals surface area (Å²) in [5.41, 5.74) is 1.21. The third-order valence-electron chi connectivity index (χ3n) is 3.21. The van der Waals surface area contributed by atoms with Gasteiger partial charge in [0.25, 0.3) is 5.89 Å². The third-order valence-corrected chi connectivity index (χ3v) is 3.74. The van der Waals surface area contributed by atoms with Crippen LogP contribution in [0.2, 0.25) is 0 Å². The molecule has 0 atom stereocenters. The van der Waals surface area contributed by atoms with Crippen molar-refractivity contribution in [2.24, 2.45) is 0 Å². The number of benzene rings is 2. The highest BCUT2D eigenvalue weighted by Crippen LogP contribution is 2.21. The van der Waals surface area contributed by atoms with Gasteiger partial charge >= 0.3 is 5.97 Å². The molecule has 0 unspecified atom stereocenters. The van der Waals surface area contributed by atoms with E-state index in [9.17, 15) is 4.79 Å². The number of rotatable bonds is 5. The van der Waals surface area contributed by atoms with Gasteiger partial charge in [-0.1, -0.05) is 15.9 Å². The molecule has 0 radical (unpaired) electrons. The van der Waals surface area contributed by atoms with E-state index < -0.39 is 5.97 Å². The highest BCUT2D eigenvalue weighted by molar-refractivity contribution is 9.10. The summed E-state index contributed by atoms with van der Waals surface area (Å²) in [7, 11) is 1.60. The summed E-state index contributed by atoms with van der Waals surface area (Å²) in [6, 6.07) is 14.1. The lowest BCUT2D eigenvalue weighted by Gasteiger charge is -2.02. The van der Waals surface area contributed by atoms with Gasteiger partial charge in [-0.25, -0.2) is 4.79 Å². The smallest absolute Gasteiger partial charge is 0.338 e. The molecule has 122 valence electrons. The molecular weight excluding hydrogens is 376 g/mol. The molecular formula is C17H13BrN2O4. The first-order valence-electron chi connectivity index (χ1n) is 7.05. The normalized spacial score (nSPS) is 10.4. The first-order valence-corrected chi connectivity index (χ1v) is 7.84. The van der Waals surface area contributed by atoms with E-state index in [1.54, 1.807) is 43.5 Å². The number of carbonyl (C=O) groups excluding carboxylic acids is 1. The van der Waals surface area contributed by atoms with Crippen LogP contribution in [-0.2, 0) is 11.3 Å². The molecule has 6 nitrogen and oxygen atoms in total. The molecule has 0 saturated heterocycles. The van der Waals surface area contributed by atoms with Crippen LogP contribution in [0.3, 0.4) is 0 Å². The summed E-state index contributed by atoms with van der Waals surface area (Å²) in [5, 5.41) is 7.83. The van der Waals surface area contributed by atoms with Crippen molar-refractivity contribution in [2.75, 3.05) is 7.11 Å². The minimum absolute atomic E-state index is 0.0853.